The number of amides is 1. The predicted molar refractivity (Wildman–Crippen MR) is 124 cm³/mol. The predicted octanol–water partition coefficient (Wildman–Crippen LogP) is 5.83. The van der Waals surface area contributed by atoms with Crippen molar-refractivity contribution in [3.8, 4) is 11.3 Å². The number of anilines is 2. The average Bonchev–Trinajstić information content (AvgIpc) is 2.80. The number of benzene rings is 3. The molecule has 0 bridgehead atoms. The molecule has 0 saturated heterocycles. The first kappa shape index (κ1) is 21.2. The van der Waals surface area contributed by atoms with Crippen LogP contribution in [-0.4, -0.2) is 15.9 Å². The Bertz CT molecular complexity index is 1210. The van der Waals surface area contributed by atoms with Crippen molar-refractivity contribution < 1.29 is 9.18 Å². The molecule has 1 amide bonds. The van der Waals surface area contributed by atoms with Gasteiger partial charge in [-0.05, 0) is 67.9 Å². The minimum atomic E-state index is -0.293. The summed E-state index contributed by atoms with van der Waals surface area (Å²) in [7, 11) is 0. The van der Waals surface area contributed by atoms with Crippen molar-refractivity contribution >= 4 is 17.4 Å². The number of aromatic nitrogens is 2. The maximum atomic E-state index is 13.2. The fourth-order valence-corrected chi connectivity index (χ4v) is 3.28. The number of carbonyl (C=O) groups excluding carboxylic acids is 1. The molecule has 6 heteroatoms. The smallest absolute Gasteiger partial charge is 0.251 e. The van der Waals surface area contributed by atoms with E-state index in [1.807, 2.05) is 50.2 Å². The van der Waals surface area contributed by atoms with Gasteiger partial charge in [0.25, 0.3) is 5.91 Å². The molecule has 0 spiro atoms. The van der Waals surface area contributed by atoms with Gasteiger partial charge in [-0.25, -0.2) is 14.4 Å². The van der Waals surface area contributed by atoms with E-state index >= 15 is 0 Å². The molecule has 160 valence electrons. The number of hydrogen-bond acceptors (Lipinski definition) is 4. The highest BCUT2D eigenvalue weighted by Gasteiger charge is 2.11. The number of carbonyl (C=O) groups is 1. The van der Waals surface area contributed by atoms with Gasteiger partial charge in [0.2, 0.25) is 0 Å². The third-order valence-electron chi connectivity index (χ3n) is 5.15. The molecule has 1 heterocycles. The number of nitrogens with zero attached hydrogens (tertiary/aromatic N) is 2. The van der Waals surface area contributed by atoms with Crippen LogP contribution in [0.1, 0.15) is 34.5 Å². The van der Waals surface area contributed by atoms with E-state index in [0.717, 1.165) is 16.8 Å². The van der Waals surface area contributed by atoms with Crippen LogP contribution in [0.5, 0.6) is 0 Å². The fraction of sp³-hybridized carbons (Fsp3) is 0.115. The molecule has 3 aromatic carbocycles. The molecule has 2 N–H and O–H groups in total. The zero-order chi connectivity index (χ0) is 22.5. The second-order valence-electron chi connectivity index (χ2n) is 7.60. The molecular formula is C26H23FN4O. The molecule has 1 aromatic heterocycles. The summed E-state index contributed by atoms with van der Waals surface area (Å²) in [5, 5.41) is 6.23. The molecule has 0 saturated carbocycles. The molecule has 0 aliphatic carbocycles. The minimum Gasteiger partial charge on any atom is -0.346 e. The summed E-state index contributed by atoms with van der Waals surface area (Å²) in [6, 6.07) is 23.1. The molecule has 0 aliphatic rings. The van der Waals surface area contributed by atoms with Crippen molar-refractivity contribution in [2.24, 2.45) is 0 Å². The van der Waals surface area contributed by atoms with Crippen LogP contribution in [0.25, 0.3) is 11.3 Å². The van der Waals surface area contributed by atoms with Crippen LogP contribution in [0, 0.1) is 12.7 Å². The number of nitrogens with one attached hydrogen (secondary N) is 2. The SMILES string of the molecule is Cc1ccc(C(C)NC(=O)c2ccc(Nc3cc(-c4ccc(F)cc4)ncn3)cc2)cc1. The van der Waals surface area contributed by atoms with Crippen molar-refractivity contribution in [1.82, 2.24) is 15.3 Å². The highest BCUT2D eigenvalue weighted by atomic mass is 19.1. The Labute approximate surface area is 186 Å². The molecule has 1 atom stereocenters. The maximum Gasteiger partial charge on any atom is 0.251 e. The van der Waals surface area contributed by atoms with Gasteiger partial charge in [0, 0.05) is 22.9 Å². The van der Waals surface area contributed by atoms with Crippen LogP contribution in [0.15, 0.2) is 85.2 Å². The first-order chi connectivity index (χ1) is 15.5. The van der Waals surface area contributed by atoms with Crippen molar-refractivity contribution in [1.29, 1.82) is 0 Å². The highest BCUT2D eigenvalue weighted by molar-refractivity contribution is 5.94. The lowest BCUT2D eigenvalue weighted by Gasteiger charge is -2.15. The molecular weight excluding hydrogens is 403 g/mol. The van der Waals surface area contributed by atoms with Crippen LogP contribution >= 0.6 is 0 Å². The Balaban J connectivity index is 1.41. The summed E-state index contributed by atoms with van der Waals surface area (Å²) >= 11 is 0. The first-order valence-corrected chi connectivity index (χ1v) is 10.3. The van der Waals surface area contributed by atoms with Gasteiger partial charge < -0.3 is 10.6 Å². The summed E-state index contributed by atoms with van der Waals surface area (Å²) in [6.07, 6.45) is 1.45. The lowest BCUT2D eigenvalue weighted by molar-refractivity contribution is 0.0940. The van der Waals surface area contributed by atoms with Gasteiger partial charge in [-0.1, -0.05) is 29.8 Å². The number of rotatable bonds is 6. The van der Waals surface area contributed by atoms with Crippen LogP contribution in [0.2, 0.25) is 0 Å². The monoisotopic (exact) mass is 426 g/mol. The standard InChI is InChI=1S/C26H23FN4O/c1-17-3-5-19(6-4-17)18(2)30-26(32)21-9-13-23(14-10-21)31-25-15-24(28-16-29-25)20-7-11-22(27)12-8-20/h3-16,18H,1-2H3,(H,30,32)(H,28,29,31). The molecule has 1 unspecified atom stereocenters. The van der Waals surface area contributed by atoms with Crippen LogP contribution in [0.3, 0.4) is 0 Å². The van der Waals surface area contributed by atoms with Crippen LogP contribution in [0.4, 0.5) is 15.9 Å². The molecule has 0 fully saturated rings. The van der Waals surface area contributed by atoms with E-state index in [4.69, 9.17) is 0 Å². The van der Waals surface area contributed by atoms with Crippen molar-refractivity contribution in [2.75, 3.05) is 5.32 Å². The van der Waals surface area contributed by atoms with Crippen molar-refractivity contribution in [2.45, 2.75) is 19.9 Å². The van der Waals surface area contributed by atoms with E-state index in [-0.39, 0.29) is 17.8 Å². The number of aryl methyl sites for hydroxylation is 1. The highest BCUT2D eigenvalue weighted by Crippen LogP contribution is 2.22. The Morgan fingerprint density at radius 1 is 0.906 bits per heavy atom. The van der Waals surface area contributed by atoms with Crippen LogP contribution in [-0.2, 0) is 0 Å². The van der Waals surface area contributed by atoms with Gasteiger partial charge in [0.15, 0.2) is 0 Å². The lowest BCUT2D eigenvalue weighted by Crippen LogP contribution is -2.26. The van der Waals surface area contributed by atoms with Gasteiger partial charge in [-0.15, -0.1) is 0 Å². The summed E-state index contributed by atoms with van der Waals surface area (Å²) in [4.78, 5) is 21.1. The van der Waals surface area contributed by atoms with E-state index in [1.54, 1.807) is 30.3 Å². The average molecular weight is 426 g/mol. The van der Waals surface area contributed by atoms with Crippen LogP contribution < -0.4 is 10.6 Å². The summed E-state index contributed by atoms with van der Waals surface area (Å²) in [6.45, 7) is 4.00. The normalized spacial score (nSPS) is 11.6. The summed E-state index contributed by atoms with van der Waals surface area (Å²) in [5.74, 6) is 0.174. The third kappa shape index (κ3) is 5.16. The number of halogens is 1. The quantitative estimate of drug-likeness (QED) is 0.407. The van der Waals surface area contributed by atoms with E-state index in [0.29, 0.717) is 17.1 Å². The Morgan fingerprint density at radius 3 is 2.28 bits per heavy atom. The zero-order valence-corrected chi connectivity index (χ0v) is 17.8. The number of hydrogen-bond donors (Lipinski definition) is 2. The van der Waals surface area contributed by atoms with Gasteiger partial charge in [0.05, 0.1) is 11.7 Å². The van der Waals surface area contributed by atoms with Crippen molar-refractivity contribution in [3.05, 3.63) is 108 Å². The molecule has 5 nitrogen and oxygen atoms in total. The second-order valence-corrected chi connectivity index (χ2v) is 7.60. The second kappa shape index (κ2) is 9.39. The van der Waals surface area contributed by atoms with E-state index in [1.165, 1.54) is 24.0 Å². The lowest BCUT2D eigenvalue weighted by atomic mass is 10.1. The Kier molecular flexibility index (Phi) is 6.22. The zero-order valence-electron chi connectivity index (χ0n) is 17.8. The van der Waals surface area contributed by atoms with E-state index in [9.17, 15) is 9.18 Å². The molecule has 4 aromatic rings. The largest absolute Gasteiger partial charge is 0.346 e. The first-order valence-electron chi connectivity index (χ1n) is 10.3. The van der Waals surface area contributed by atoms with Gasteiger partial charge in [-0.2, -0.15) is 0 Å². The minimum absolute atomic E-state index is 0.0909. The van der Waals surface area contributed by atoms with E-state index in [2.05, 4.69) is 20.6 Å². The Morgan fingerprint density at radius 2 is 1.59 bits per heavy atom. The Hall–Kier alpha value is -4.06. The third-order valence-corrected chi connectivity index (χ3v) is 5.15. The molecule has 0 radical (unpaired) electrons. The van der Waals surface area contributed by atoms with E-state index < -0.39 is 0 Å². The molecule has 0 aliphatic heterocycles. The van der Waals surface area contributed by atoms with Gasteiger partial charge in [-0.3, -0.25) is 4.79 Å². The fourth-order valence-electron chi connectivity index (χ4n) is 3.28. The molecule has 32 heavy (non-hydrogen) atoms. The van der Waals surface area contributed by atoms with Crippen molar-refractivity contribution in [3.63, 3.8) is 0 Å². The van der Waals surface area contributed by atoms with Gasteiger partial charge >= 0.3 is 0 Å². The summed E-state index contributed by atoms with van der Waals surface area (Å²) in [5.41, 5.74) is 5.09. The summed E-state index contributed by atoms with van der Waals surface area (Å²) < 4.78 is 13.2. The molecule has 4 rings (SSSR count). The van der Waals surface area contributed by atoms with Gasteiger partial charge in [0.1, 0.15) is 18.0 Å². The topological polar surface area (TPSA) is 66.9 Å². The maximum absolute atomic E-state index is 13.2.